The molecule has 0 aliphatic heterocycles. The zero-order chi connectivity index (χ0) is 16.8. The maximum absolute atomic E-state index is 13.1. The summed E-state index contributed by atoms with van der Waals surface area (Å²) in [5.74, 6) is -2.13. The highest BCUT2D eigenvalue weighted by atomic mass is 32.2. The van der Waals surface area contributed by atoms with Gasteiger partial charge in [0.05, 0.1) is 5.75 Å². The zero-order valence-corrected chi connectivity index (χ0v) is 12.6. The van der Waals surface area contributed by atoms with Crippen LogP contribution in [0.3, 0.4) is 0 Å². The minimum absolute atomic E-state index is 0.0480. The Morgan fingerprint density at radius 1 is 0.957 bits per heavy atom. The normalized spacial score (nSPS) is 10.2. The molecule has 5 nitrogen and oxygen atoms in total. The first-order valence-electron chi connectivity index (χ1n) is 6.48. The van der Waals surface area contributed by atoms with Crippen LogP contribution in [0.25, 0.3) is 0 Å². The van der Waals surface area contributed by atoms with E-state index >= 15 is 0 Å². The van der Waals surface area contributed by atoms with Crippen LogP contribution >= 0.6 is 11.8 Å². The van der Waals surface area contributed by atoms with Crippen molar-refractivity contribution in [3.8, 4) is 0 Å². The largest absolute Gasteiger partial charge is 0.351 e. The lowest BCUT2D eigenvalue weighted by Gasteiger charge is -2.07. The second kappa shape index (κ2) is 7.59. The van der Waals surface area contributed by atoms with Crippen LogP contribution in [0, 0.1) is 11.6 Å². The summed E-state index contributed by atoms with van der Waals surface area (Å²) in [5.41, 5.74) is 6.03. The summed E-state index contributed by atoms with van der Waals surface area (Å²) >= 11 is 1.09. The van der Waals surface area contributed by atoms with Crippen molar-refractivity contribution in [2.45, 2.75) is 4.90 Å². The fourth-order valence-electron chi connectivity index (χ4n) is 1.69. The Balaban J connectivity index is 1.86. The van der Waals surface area contributed by atoms with Crippen LogP contribution < -0.4 is 16.4 Å². The summed E-state index contributed by atoms with van der Waals surface area (Å²) in [7, 11) is 0. The number of hydrogen-bond donors (Lipinski definition) is 3. The van der Waals surface area contributed by atoms with E-state index in [0.29, 0.717) is 16.3 Å². The molecule has 2 aromatic carbocycles. The average molecular weight is 337 g/mol. The molecule has 0 unspecified atom stereocenters. The number of primary amides is 1. The summed E-state index contributed by atoms with van der Waals surface area (Å²) in [6, 6.07) is 9.16. The van der Waals surface area contributed by atoms with Gasteiger partial charge in [-0.2, -0.15) is 0 Å². The molecule has 0 heterocycles. The number of halogens is 2. The molecule has 0 atom stereocenters. The Hall–Kier alpha value is -2.61. The Morgan fingerprint density at radius 2 is 1.57 bits per heavy atom. The van der Waals surface area contributed by atoms with Crippen LogP contribution in [0.5, 0.6) is 0 Å². The van der Waals surface area contributed by atoms with Gasteiger partial charge in [-0.3, -0.25) is 4.79 Å². The molecule has 0 spiro atoms. The van der Waals surface area contributed by atoms with Gasteiger partial charge in [0.25, 0.3) is 0 Å². The minimum Gasteiger partial charge on any atom is -0.351 e. The van der Waals surface area contributed by atoms with E-state index in [-0.39, 0.29) is 11.7 Å². The molecule has 3 amide bonds. The molecule has 0 fully saturated rings. The van der Waals surface area contributed by atoms with Crippen molar-refractivity contribution in [2.75, 3.05) is 16.4 Å². The molecule has 0 aromatic heterocycles. The fourth-order valence-corrected chi connectivity index (χ4v) is 2.41. The number of urea groups is 1. The number of nitrogens with one attached hydrogen (secondary N) is 2. The summed E-state index contributed by atoms with van der Waals surface area (Å²) < 4.78 is 25.9. The maximum atomic E-state index is 13.1. The molecule has 4 N–H and O–H groups in total. The van der Waals surface area contributed by atoms with Crippen LogP contribution in [0.4, 0.5) is 25.0 Å². The van der Waals surface area contributed by atoms with E-state index in [9.17, 15) is 18.4 Å². The lowest BCUT2D eigenvalue weighted by atomic mass is 10.3. The van der Waals surface area contributed by atoms with E-state index < -0.39 is 17.7 Å². The molecule has 0 bridgehead atoms. The third-order valence-corrected chi connectivity index (χ3v) is 3.69. The monoisotopic (exact) mass is 337 g/mol. The SMILES string of the molecule is NC(=O)Nc1ccc(NC(=O)CSc2ccc(F)c(F)c2)cc1. The highest BCUT2D eigenvalue weighted by Crippen LogP contribution is 2.21. The van der Waals surface area contributed by atoms with Gasteiger partial charge in [-0.25, -0.2) is 13.6 Å². The van der Waals surface area contributed by atoms with Crippen molar-refractivity contribution in [3.05, 3.63) is 54.1 Å². The number of carbonyl (C=O) groups is 2. The summed E-state index contributed by atoms with van der Waals surface area (Å²) in [5, 5.41) is 5.04. The van der Waals surface area contributed by atoms with Crippen molar-refractivity contribution < 1.29 is 18.4 Å². The van der Waals surface area contributed by atoms with Gasteiger partial charge < -0.3 is 16.4 Å². The molecule has 0 saturated heterocycles. The Kier molecular flexibility index (Phi) is 5.53. The number of anilines is 2. The number of amides is 3. The molecule has 120 valence electrons. The second-order valence-corrected chi connectivity index (χ2v) is 5.53. The molecule has 8 heteroatoms. The number of thioether (sulfide) groups is 1. The van der Waals surface area contributed by atoms with Gasteiger partial charge in [-0.15, -0.1) is 11.8 Å². The Labute approximate surface area is 135 Å². The highest BCUT2D eigenvalue weighted by molar-refractivity contribution is 8.00. The first-order valence-corrected chi connectivity index (χ1v) is 7.47. The molecule has 23 heavy (non-hydrogen) atoms. The molecule has 2 rings (SSSR count). The van der Waals surface area contributed by atoms with Crippen LogP contribution in [0.15, 0.2) is 47.4 Å². The standard InChI is InChI=1S/C15H13F2N3O2S/c16-12-6-5-11(7-13(12)17)23-8-14(21)19-9-1-3-10(4-2-9)20-15(18)22/h1-7H,8H2,(H,19,21)(H3,18,20,22). The number of carbonyl (C=O) groups excluding carboxylic acids is 2. The van der Waals surface area contributed by atoms with Crippen LogP contribution in [-0.4, -0.2) is 17.7 Å². The van der Waals surface area contributed by atoms with Gasteiger partial charge in [0.15, 0.2) is 11.6 Å². The van der Waals surface area contributed by atoms with Gasteiger partial charge >= 0.3 is 6.03 Å². The van der Waals surface area contributed by atoms with Gasteiger partial charge in [0.2, 0.25) is 5.91 Å². The molecule has 2 aromatic rings. The number of rotatable bonds is 5. The smallest absolute Gasteiger partial charge is 0.316 e. The van der Waals surface area contributed by atoms with Crippen LogP contribution in [0.1, 0.15) is 0 Å². The summed E-state index contributed by atoms with van der Waals surface area (Å²) in [6.07, 6.45) is 0. The predicted octanol–water partition coefficient (Wildman–Crippen LogP) is 3.19. The molecule has 0 aliphatic rings. The topological polar surface area (TPSA) is 84.2 Å². The molecule has 0 saturated carbocycles. The van der Waals surface area contributed by atoms with Crippen molar-refractivity contribution in [1.82, 2.24) is 0 Å². The summed E-state index contributed by atoms with van der Waals surface area (Å²) in [4.78, 5) is 23.0. The van der Waals surface area contributed by atoms with Crippen molar-refractivity contribution >= 4 is 35.1 Å². The van der Waals surface area contributed by atoms with E-state index in [0.717, 1.165) is 23.9 Å². The van der Waals surface area contributed by atoms with E-state index in [1.165, 1.54) is 6.07 Å². The molecular weight excluding hydrogens is 324 g/mol. The van der Waals surface area contributed by atoms with Gasteiger partial charge in [0, 0.05) is 16.3 Å². The minimum atomic E-state index is -0.951. The summed E-state index contributed by atoms with van der Waals surface area (Å²) in [6.45, 7) is 0. The lowest BCUT2D eigenvalue weighted by molar-refractivity contribution is -0.113. The number of benzene rings is 2. The number of hydrogen-bond acceptors (Lipinski definition) is 3. The third-order valence-electron chi connectivity index (χ3n) is 2.70. The molecule has 0 aliphatic carbocycles. The second-order valence-electron chi connectivity index (χ2n) is 4.48. The van der Waals surface area contributed by atoms with E-state index in [2.05, 4.69) is 10.6 Å². The predicted molar refractivity (Wildman–Crippen MR) is 85.4 cm³/mol. The van der Waals surface area contributed by atoms with E-state index in [4.69, 9.17) is 5.73 Å². The quantitative estimate of drug-likeness (QED) is 0.733. The van der Waals surface area contributed by atoms with Crippen LogP contribution in [-0.2, 0) is 4.79 Å². The first-order chi connectivity index (χ1) is 10.9. The van der Waals surface area contributed by atoms with Crippen LogP contribution in [0.2, 0.25) is 0 Å². The Morgan fingerprint density at radius 3 is 2.13 bits per heavy atom. The highest BCUT2D eigenvalue weighted by Gasteiger charge is 2.07. The van der Waals surface area contributed by atoms with E-state index in [1.54, 1.807) is 24.3 Å². The number of nitrogens with two attached hydrogens (primary N) is 1. The Bertz CT molecular complexity index is 723. The van der Waals surface area contributed by atoms with Gasteiger partial charge in [-0.05, 0) is 42.5 Å². The van der Waals surface area contributed by atoms with Gasteiger partial charge in [0.1, 0.15) is 0 Å². The third kappa shape index (κ3) is 5.26. The zero-order valence-electron chi connectivity index (χ0n) is 11.8. The maximum Gasteiger partial charge on any atom is 0.316 e. The first kappa shape index (κ1) is 16.8. The van der Waals surface area contributed by atoms with Crippen molar-refractivity contribution in [1.29, 1.82) is 0 Å². The van der Waals surface area contributed by atoms with Crippen molar-refractivity contribution in [3.63, 3.8) is 0 Å². The fraction of sp³-hybridized carbons (Fsp3) is 0.0667. The lowest BCUT2D eigenvalue weighted by Crippen LogP contribution is -2.19. The van der Waals surface area contributed by atoms with Crippen molar-refractivity contribution in [2.24, 2.45) is 5.73 Å². The molecular formula is C15H13F2N3O2S. The molecule has 0 radical (unpaired) electrons. The van der Waals surface area contributed by atoms with Gasteiger partial charge in [-0.1, -0.05) is 0 Å². The van der Waals surface area contributed by atoms with E-state index in [1.807, 2.05) is 0 Å². The average Bonchev–Trinajstić information content (AvgIpc) is 2.50.